The number of aromatic amines is 2. The van der Waals surface area contributed by atoms with E-state index in [-0.39, 0.29) is 5.56 Å². The Morgan fingerprint density at radius 2 is 1.83 bits per heavy atom. The molecule has 2 heterocycles. The summed E-state index contributed by atoms with van der Waals surface area (Å²) in [6.07, 6.45) is 0. The van der Waals surface area contributed by atoms with E-state index in [9.17, 15) is 4.79 Å². The van der Waals surface area contributed by atoms with Crippen LogP contribution in [0.25, 0.3) is 22.3 Å². The van der Waals surface area contributed by atoms with Gasteiger partial charge in [0, 0.05) is 17.0 Å². The minimum atomic E-state index is -0.123. The molecule has 0 aliphatic heterocycles. The summed E-state index contributed by atoms with van der Waals surface area (Å²) < 4.78 is 0. The molecule has 18 heavy (non-hydrogen) atoms. The number of nitrogens with zero attached hydrogens (tertiary/aromatic N) is 1. The van der Waals surface area contributed by atoms with Gasteiger partial charge in [0.2, 0.25) is 5.56 Å². The minimum Gasteiger partial charge on any atom is -0.305 e. The van der Waals surface area contributed by atoms with Crippen LogP contribution >= 0.6 is 0 Å². The van der Waals surface area contributed by atoms with E-state index in [1.807, 2.05) is 19.1 Å². The quantitative estimate of drug-likeness (QED) is 0.685. The molecule has 0 saturated carbocycles. The summed E-state index contributed by atoms with van der Waals surface area (Å²) in [5, 5.41) is 8.13. The molecular weight excluding hydrogens is 226 g/mol. The second kappa shape index (κ2) is 3.84. The average Bonchev–Trinajstić information content (AvgIpc) is 2.74. The number of aryl methyl sites for hydroxylation is 2. The number of H-pyrrole nitrogens is 2. The predicted octanol–water partition coefficient (Wildman–Crippen LogP) is 2.54. The summed E-state index contributed by atoms with van der Waals surface area (Å²) in [6.45, 7) is 3.97. The number of benzene rings is 1. The maximum Gasteiger partial charge on any atom is 0.249 e. The lowest BCUT2D eigenvalue weighted by molar-refractivity contribution is 1.09. The molecule has 0 atom stereocenters. The van der Waals surface area contributed by atoms with Crippen molar-refractivity contribution in [2.24, 2.45) is 0 Å². The first-order chi connectivity index (χ1) is 8.65. The molecule has 0 spiro atoms. The zero-order valence-corrected chi connectivity index (χ0v) is 10.2. The third-order valence-electron chi connectivity index (χ3n) is 3.09. The molecule has 3 aromatic rings. The Balaban J connectivity index is 2.30. The lowest BCUT2D eigenvalue weighted by Crippen LogP contribution is -2.04. The summed E-state index contributed by atoms with van der Waals surface area (Å²) >= 11 is 0. The highest BCUT2D eigenvalue weighted by atomic mass is 16.1. The summed E-state index contributed by atoms with van der Waals surface area (Å²) in [6, 6.07) is 9.81. The first-order valence-electron chi connectivity index (χ1n) is 5.80. The van der Waals surface area contributed by atoms with Crippen molar-refractivity contribution < 1.29 is 0 Å². The molecule has 0 aliphatic carbocycles. The van der Waals surface area contributed by atoms with Crippen molar-refractivity contribution in [3.05, 3.63) is 51.8 Å². The van der Waals surface area contributed by atoms with E-state index in [2.05, 4.69) is 34.2 Å². The van der Waals surface area contributed by atoms with Gasteiger partial charge >= 0.3 is 0 Å². The fourth-order valence-electron chi connectivity index (χ4n) is 2.17. The van der Waals surface area contributed by atoms with Gasteiger partial charge in [-0.15, -0.1) is 0 Å². The van der Waals surface area contributed by atoms with Crippen molar-refractivity contribution in [1.29, 1.82) is 0 Å². The molecule has 0 saturated heterocycles. The van der Waals surface area contributed by atoms with E-state index < -0.39 is 0 Å². The summed E-state index contributed by atoms with van der Waals surface area (Å²) in [4.78, 5) is 14.1. The smallest absolute Gasteiger partial charge is 0.249 e. The molecule has 3 rings (SSSR count). The number of hydrogen-bond donors (Lipinski definition) is 2. The predicted molar refractivity (Wildman–Crippen MR) is 71.6 cm³/mol. The van der Waals surface area contributed by atoms with E-state index in [0.717, 1.165) is 22.2 Å². The van der Waals surface area contributed by atoms with Crippen molar-refractivity contribution in [3.63, 3.8) is 0 Å². The van der Waals surface area contributed by atoms with Gasteiger partial charge in [-0.2, -0.15) is 5.10 Å². The normalized spacial score (nSPS) is 11.0. The second-order valence-corrected chi connectivity index (χ2v) is 4.50. The Morgan fingerprint density at radius 3 is 2.56 bits per heavy atom. The molecule has 2 aromatic heterocycles. The molecule has 0 radical (unpaired) electrons. The van der Waals surface area contributed by atoms with Gasteiger partial charge in [0.1, 0.15) is 0 Å². The maximum atomic E-state index is 11.4. The number of rotatable bonds is 1. The molecule has 0 unspecified atom stereocenters. The van der Waals surface area contributed by atoms with Crippen LogP contribution in [-0.2, 0) is 0 Å². The third kappa shape index (κ3) is 1.62. The van der Waals surface area contributed by atoms with E-state index >= 15 is 0 Å². The van der Waals surface area contributed by atoms with Crippen LogP contribution in [0, 0.1) is 13.8 Å². The number of aromatic nitrogens is 3. The molecule has 4 nitrogen and oxygen atoms in total. The highest BCUT2D eigenvalue weighted by molar-refractivity contribution is 5.93. The van der Waals surface area contributed by atoms with Gasteiger partial charge < -0.3 is 4.98 Å². The summed E-state index contributed by atoms with van der Waals surface area (Å²) in [7, 11) is 0. The van der Waals surface area contributed by atoms with Crippen molar-refractivity contribution in [3.8, 4) is 11.3 Å². The first-order valence-corrected chi connectivity index (χ1v) is 5.80. The van der Waals surface area contributed by atoms with Gasteiger partial charge in [-0.3, -0.25) is 9.89 Å². The zero-order valence-electron chi connectivity index (χ0n) is 10.2. The van der Waals surface area contributed by atoms with E-state index in [1.54, 1.807) is 6.07 Å². The van der Waals surface area contributed by atoms with Crippen molar-refractivity contribution in [2.75, 3.05) is 0 Å². The molecule has 90 valence electrons. The van der Waals surface area contributed by atoms with Gasteiger partial charge in [-0.05, 0) is 19.4 Å². The van der Waals surface area contributed by atoms with Gasteiger partial charge in [0.05, 0.1) is 5.69 Å². The average molecular weight is 239 g/mol. The lowest BCUT2D eigenvalue weighted by Gasteiger charge is -2.01. The molecule has 0 fully saturated rings. The second-order valence-electron chi connectivity index (χ2n) is 4.50. The number of pyridine rings is 1. The fourth-order valence-corrected chi connectivity index (χ4v) is 2.17. The Bertz CT molecular complexity index is 766. The fraction of sp³-hybridized carbons (Fsp3) is 0.143. The van der Waals surface area contributed by atoms with Crippen LogP contribution in [-0.4, -0.2) is 15.2 Å². The Kier molecular flexibility index (Phi) is 2.30. The van der Waals surface area contributed by atoms with Gasteiger partial charge in [0.15, 0.2) is 5.65 Å². The van der Waals surface area contributed by atoms with Crippen LogP contribution < -0.4 is 5.56 Å². The topological polar surface area (TPSA) is 61.5 Å². The minimum absolute atomic E-state index is 0.123. The van der Waals surface area contributed by atoms with Crippen molar-refractivity contribution in [1.82, 2.24) is 15.2 Å². The Morgan fingerprint density at radius 1 is 1.11 bits per heavy atom. The van der Waals surface area contributed by atoms with Crippen LogP contribution in [0.15, 0.2) is 35.1 Å². The van der Waals surface area contributed by atoms with E-state index in [0.29, 0.717) is 5.65 Å². The number of fused-ring (bicyclic) bond motifs is 1. The first kappa shape index (κ1) is 10.8. The molecule has 0 aliphatic rings. The molecular formula is C14H13N3O. The molecule has 0 amide bonds. The van der Waals surface area contributed by atoms with Gasteiger partial charge in [-0.1, -0.05) is 29.8 Å². The highest BCUT2D eigenvalue weighted by Crippen LogP contribution is 2.26. The van der Waals surface area contributed by atoms with Crippen LogP contribution in [0.3, 0.4) is 0 Å². The molecule has 2 N–H and O–H groups in total. The van der Waals surface area contributed by atoms with Crippen molar-refractivity contribution >= 4 is 11.0 Å². The van der Waals surface area contributed by atoms with Gasteiger partial charge in [0.25, 0.3) is 0 Å². The highest BCUT2D eigenvalue weighted by Gasteiger charge is 2.10. The summed E-state index contributed by atoms with van der Waals surface area (Å²) in [5.41, 5.74) is 4.64. The number of hydrogen-bond acceptors (Lipinski definition) is 2. The molecule has 4 heteroatoms. The molecule has 1 aromatic carbocycles. The van der Waals surface area contributed by atoms with Crippen LogP contribution in [0.5, 0.6) is 0 Å². The monoisotopic (exact) mass is 239 g/mol. The third-order valence-corrected chi connectivity index (χ3v) is 3.09. The molecule has 0 bridgehead atoms. The lowest BCUT2D eigenvalue weighted by atomic mass is 10.1. The largest absolute Gasteiger partial charge is 0.305 e. The maximum absolute atomic E-state index is 11.4. The van der Waals surface area contributed by atoms with Gasteiger partial charge in [-0.25, -0.2) is 0 Å². The Hall–Kier alpha value is -2.36. The number of nitrogens with one attached hydrogen (secondary N) is 2. The van der Waals surface area contributed by atoms with E-state index in [1.165, 1.54) is 5.56 Å². The standard InChI is InChI=1S/C14H13N3O/c1-8-3-5-10(6-4-8)13-12-9(2)7-11(18)15-14(12)17-16-13/h3-7H,1-2H3,(H2,15,16,17,18). The van der Waals surface area contributed by atoms with Crippen LogP contribution in [0.2, 0.25) is 0 Å². The summed E-state index contributed by atoms with van der Waals surface area (Å²) in [5.74, 6) is 0. The van der Waals surface area contributed by atoms with Crippen LogP contribution in [0.1, 0.15) is 11.1 Å². The SMILES string of the molecule is Cc1ccc(-c2[nH]nc3[nH]c(=O)cc(C)c23)cc1. The van der Waals surface area contributed by atoms with Crippen molar-refractivity contribution in [2.45, 2.75) is 13.8 Å². The van der Waals surface area contributed by atoms with E-state index in [4.69, 9.17) is 0 Å². The zero-order chi connectivity index (χ0) is 12.7. The Labute approximate surface area is 104 Å². The van der Waals surface area contributed by atoms with Crippen LogP contribution in [0.4, 0.5) is 0 Å².